The van der Waals surface area contributed by atoms with Gasteiger partial charge in [0.25, 0.3) is 11.5 Å². The van der Waals surface area contributed by atoms with E-state index in [0.717, 1.165) is 24.2 Å². The van der Waals surface area contributed by atoms with Crippen LogP contribution >= 0.6 is 11.3 Å². The fourth-order valence-corrected chi connectivity index (χ4v) is 6.24. The third-order valence-corrected chi connectivity index (χ3v) is 8.06. The number of hydrogen-bond acceptors (Lipinski definition) is 5. The van der Waals surface area contributed by atoms with E-state index in [1.807, 2.05) is 73.7 Å². The molecule has 0 saturated carbocycles. The zero-order valence-electron chi connectivity index (χ0n) is 21.1. The Morgan fingerprint density at radius 1 is 0.947 bits per heavy atom. The Morgan fingerprint density at radius 2 is 1.61 bits per heavy atom. The lowest BCUT2D eigenvalue weighted by Crippen LogP contribution is -2.40. The topological polar surface area (TPSA) is 66.7 Å². The molecule has 38 heavy (non-hydrogen) atoms. The summed E-state index contributed by atoms with van der Waals surface area (Å²) in [5, 5.41) is 2.99. The van der Waals surface area contributed by atoms with Crippen LogP contribution in [0.3, 0.4) is 0 Å². The Hall–Kier alpha value is -4.23. The van der Waals surface area contributed by atoms with E-state index < -0.39 is 6.04 Å². The van der Waals surface area contributed by atoms with Crippen molar-refractivity contribution < 1.29 is 4.79 Å². The lowest BCUT2D eigenvalue weighted by Gasteiger charge is -2.25. The first-order valence-corrected chi connectivity index (χ1v) is 13.7. The van der Waals surface area contributed by atoms with Gasteiger partial charge in [-0.05, 0) is 61.2 Å². The summed E-state index contributed by atoms with van der Waals surface area (Å²) < 4.78 is 2.26. The number of amides is 1. The maximum absolute atomic E-state index is 13.8. The molecular formula is C31H28N4O2S. The Labute approximate surface area is 224 Å². The van der Waals surface area contributed by atoms with Crippen molar-refractivity contribution in [1.82, 2.24) is 4.57 Å². The summed E-state index contributed by atoms with van der Waals surface area (Å²) in [5.74, 6) is -0.266. The van der Waals surface area contributed by atoms with E-state index in [1.54, 1.807) is 4.57 Å². The third-order valence-electron chi connectivity index (χ3n) is 7.08. The predicted molar refractivity (Wildman–Crippen MR) is 153 cm³/mol. The van der Waals surface area contributed by atoms with Gasteiger partial charge in [-0.15, -0.1) is 0 Å². The second-order valence-electron chi connectivity index (χ2n) is 9.60. The highest BCUT2D eigenvalue weighted by molar-refractivity contribution is 7.07. The smallest absolute Gasteiger partial charge is 0.271 e. The van der Waals surface area contributed by atoms with Gasteiger partial charge in [0.15, 0.2) is 4.80 Å². The number of carbonyl (C=O) groups excluding carboxylic acids is 1. The number of thiazole rings is 1. The van der Waals surface area contributed by atoms with E-state index in [-0.39, 0.29) is 11.5 Å². The first-order chi connectivity index (χ1) is 18.6. The molecule has 4 aromatic rings. The van der Waals surface area contributed by atoms with E-state index >= 15 is 0 Å². The van der Waals surface area contributed by atoms with Gasteiger partial charge in [0.05, 0.1) is 21.8 Å². The van der Waals surface area contributed by atoms with Crippen molar-refractivity contribution in [2.24, 2.45) is 4.99 Å². The lowest BCUT2D eigenvalue weighted by atomic mass is 9.95. The second kappa shape index (κ2) is 10.3. The third kappa shape index (κ3) is 4.61. The van der Waals surface area contributed by atoms with Crippen LogP contribution in [0.5, 0.6) is 0 Å². The van der Waals surface area contributed by atoms with E-state index in [4.69, 9.17) is 4.99 Å². The van der Waals surface area contributed by atoms with Gasteiger partial charge in [0, 0.05) is 24.5 Å². The molecule has 0 radical (unpaired) electrons. The van der Waals surface area contributed by atoms with Crippen molar-refractivity contribution in [3.8, 4) is 0 Å². The van der Waals surface area contributed by atoms with Crippen molar-refractivity contribution >= 4 is 34.7 Å². The molecule has 2 aliphatic heterocycles. The van der Waals surface area contributed by atoms with Crippen molar-refractivity contribution in [3.05, 3.63) is 127 Å². The molecule has 1 amide bonds. The Bertz CT molecular complexity index is 1680. The van der Waals surface area contributed by atoms with E-state index in [0.29, 0.717) is 26.3 Å². The van der Waals surface area contributed by atoms with Gasteiger partial charge in [0.2, 0.25) is 0 Å². The minimum Gasteiger partial charge on any atom is -0.372 e. The summed E-state index contributed by atoms with van der Waals surface area (Å²) in [4.78, 5) is 35.1. The zero-order valence-corrected chi connectivity index (χ0v) is 21.9. The molecule has 0 bridgehead atoms. The number of allylic oxidation sites excluding steroid dienone is 1. The fraction of sp³-hybridized carbons (Fsp3) is 0.194. The van der Waals surface area contributed by atoms with Crippen molar-refractivity contribution in [3.63, 3.8) is 0 Å². The average molecular weight is 521 g/mol. The highest BCUT2D eigenvalue weighted by atomic mass is 32.1. The second-order valence-corrected chi connectivity index (χ2v) is 10.6. The molecule has 0 aliphatic carbocycles. The van der Waals surface area contributed by atoms with Crippen LogP contribution in [-0.2, 0) is 4.79 Å². The van der Waals surface area contributed by atoms with Crippen LogP contribution in [-0.4, -0.2) is 23.6 Å². The molecule has 1 atom stereocenters. The summed E-state index contributed by atoms with van der Waals surface area (Å²) in [5.41, 5.74) is 4.66. The molecule has 190 valence electrons. The molecule has 1 saturated heterocycles. The predicted octanol–water partition coefficient (Wildman–Crippen LogP) is 4.47. The summed E-state index contributed by atoms with van der Waals surface area (Å²) in [6, 6.07) is 26.8. The maximum Gasteiger partial charge on any atom is 0.271 e. The summed E-state index contributed by atoms with van der Waals surface area (Å²) in [7, 11) is 0. The van der Waals surface area contributed by atoms with Crippen molar-refractivity contribution in [1.29, 1.82) is 0 Å². The molecule has 0 spiro atoms. The van der Waals surface area contributed by atoms with Gasteiger partial charge in [-0.2, -0.15) is 0 Å². The largest absolute Gasteiger partial charge is 0.372 e. The molecule has 1 fully saturated rings. The van der Waals surface area contributed by atoms with Gasteiger partial charge in [-0.3, -0.25) is 14.2 Å². The van der Waals surface area contributed by atoms with Crippen LogP contribution < -0.4 is 25.1 Å². The maximum atomic E-state index is 13.8. The van der Waals surface area contributed by atoms with Crippen molar-refractivity contribution in [2.75, 3.05) is 23.3 Å². The summed E-state index contributed by atoms with van der Waals surface area (Å²) in [6.45, 7) is 4.03. The van der Waals surface area contributed by atoms with Crippen LogP contribution in [0, 0.1) is 0 Å². The van der Waals surface area contributed by atoms with Crippen LogP contribution in [0.1, 0.15) is 36.9 Å². The number of para-hydroxylation sites is 1. The average Bonchev–Trinajstić information content (AvgIpc) is 3.58. The number of carbonyl (C=O) groups is 1. The van der Waals surface area contributed by atoms with Crippen LogP contribution in [0.15, 0.2) is 106 Å². The first-order valence-electron chi connectivity index (χ1n) is 12.9. The van der Waals surface area contributed by atoms with Gasteiger partial charge in [-0.1, -0.05) is 72.0 Å². The van der Waals surface area contributed by atoms with E-state index in [2.05, 4.69) is 34.5 Å². The Balaban J connectivity index is 1.42. The molecule has 6 rings (SSSR count). The number of nitrogens with zero attached hydrogens (tertiary/aromatic N) is 3. The monoisotopic (exact) mass is 520 g/mol. The van der Waals surface area contributed by atoms with Crippen LogP contribution in [0.4, 0.5) is 11.4 Å². The van der Waals surface area contributed by atoms with Crippen molar-refractivity contribution in [2.45, 2.75) is 25.8 Å². The normalized spacial score (nSPS) is 17.3. The number of anilines is 2. The zero-order chi connectivity index (χ0) is 26.1. The molecule has 7 heteroatoms. The number of aromatic nitrogens is 1. The Morgan fingerprint density at radius 3 is 2.29 bits per heavy atom. The summed E-state index contributed by atoms with van der Waals surface area (Å²) >= 11 is 1.36. The van der Waals surface area contributed by atoms with Gasteiger partial charge >= 0.3 is 0 Å². The molecule has 0 unspecified atom stereocenters. The number of benzene rings is 3. The fourth-order valence-electron chi connectivity index (χ4n) is 5.19. The standard InChI is InChI=1S/C31H28N4O2S/c1-21-27(29(36)33-24-12-6-3-7-13-24)28(23-10-4-2-5-11-23)35-30(37)26(38-31(35)32-21)20-22-14-16-25(17-15-22)34-18-8-9-19-34/h2-7,10-17,20,28H,8-9,18-19H2,1H3,(H,33,36)/b26-20+/t28-/m1/s1. The minimum atomic E-state index is -0.573. The minimum absolute atomic E-state index is 0.149. The van der Waals surface area contributed by atoms with Gasteiger partial charge < -0.3 is 10.2 Å². The van der Waals surface area contributed by atoms with E-state index in [9.17, 15) is 9.59 Å². The van der Waals surface area contributed by atoms with E-state index in [1.165, 1.54) is 29.9 Å². The first kappa shape index (κ1) is 24.1. The highest BCUT2D eigenvalue weighted by Crippen LogP contribution is 2.30. The molecular weight excluding hydrogens is 492 g/mol. The number of fused-ring (bicyclic) bond motifs is 1. The molecule has 3 heterocycles. The molecule has 6 nitrogen and oxygen atoms in total. The lowest BCUT2D eigenvalue weighted by molar-refractivity contribution is -0.113. The number of hydrogen-bond donors (Lipinski definition) is 1. The SMILES string of the molecule is CC1=C(C(=O)Nc2ccccc2)[C@@H](c2ccccc2)n2c(s/c(=C/c3ccc(N4CCCC4)cc3)c2=O)=N1. The number of rotatable bonds is 5. The molecule has 3 aromatic carbocycles. The van der Waals surface area contributed by atoms with Crippen LogP contribution in [0.25, 0.3) is 6.08 Å². The quantitative estimate of drug-likeness (QED) is 0.422. The Kier molecular flexibility index (Phi) is 6.52. The van der Waals surface area contributed by atoms with Gasteiger partial charge in [-0.25, -0.2) is 4.99 Å². The molecule has 1 N–H and O–H groups in total. The molecule has 1 aromatic heterocycles. The number of nitrogens with one attached hydrogen (secondary N) is 1. The summed E-state index contributed by atoms with van der Waals surface area (Å²) in [6.07, 6.45) is 4.38. The highest BCUT2D eigenvalue weighted by Gasteiger charge is 2.32. The molecule has 2 aliphatic rings. The van der Waals surface area contributed by atoms with Gasteiger partial charge in [0.1, 0.15) is 0 Å². The van der Waals surface area contributed by atoms with Crippen LogP contribution in [0.2, 0.25) is 0 Å².